The topological polar surface area (TPSA) is 82.3 Å². The van der Waals surface area contributed by atoms with E-state index in [0.29, 0.717) is 23.7 Å². The van der Waals surface area contributed by atoms with Gasteiger partial charge in [0.25, 0.3) is 0 Å². The highest BCUT2D eigenvalue weighted by molar-refractivity contribution is 6.76. The number of imidazole rings is 1. The van der Waals surface area contributed by atoms with Crippen LogP contribution in [0.4, 0.5) is 0 Å². The van der Waals surface area contributed by atoms with Crippen LogP contribution in [0.25, 0.3) is 11.2 Å². The Labute approximate surface area is 136 Å². The van der Waals surface area contributed by atoms with Gasteiger partial charge in [-0.1, -0.05) is 19.6 Å². The zero-order chi connectivity index (χ0) is 16.4. The van der Waals surface area contributed by atoms with Gasteiger partial charge in [0.1, 0.15) is 12.6 Å². The SMILES string of the molecule is C[Si](C)(C)CCOc1ncnc2c1ncn2C1CCC(CO)O1. The Hall–Kier alpha value is -1.51. The summed E-state index contributed by atoms with van der Waals surface area (Å²) < 4.78 is 13.5. The van der Waals surface area contributed by atoms with E-state index in [4.69, 9.17) is 9.47 Å². The third kappa shape index (κ3) is 3.70. The molecule has 2 atom stereocenters. The van der Waals surface area contributed by atoms with Crippen LogP contribution in [0.1, 0.15) is 19.1 Å². The summed E-state index contributed by atoms with van der Waals surface area (Å²) in [6, 6.07) is 1.07. The third-order valence-corrected chi connectivity index (χ3v) is 5.72. The summed E-state index contributed by atoms with van der Waals surface area (Å²) >= 11 is 0. The molecular weight excluding hydrogens is 312 g/mol. The fraction of sp³-hybridized carbons (Fsp3) is 0.667. The second-order valence-electron chi connectivity index (χ2n) is 7.13. The number of aliphatic hydroxyl groups is 1. The van der Waals surface area contributed by atoms with Crippen molar-refractivity contribution in [2.24, 2.45) is 0 Å². The molecule has 1 aliphatic rings. The summed E-state index contributed by atoms with van der Waals surface area (Å²) in [4.78, 5) is 13.0. The van der Waals surface area contributed by atoms with Crippen molar-refractivity contribution in [1.29, 1.82) is 0 Å². The van der Waals surface area contributed by atoms with Crippen molar-refractivity contribution >= 4 is 19.2 Å². The maximum atomic E-state index is 9.21. The van der Waals surface area contributed by atoms with Crippen LogP contribution in [-0.4, -0.2) is 52.0 Å². The molecular formula is C15H24N4O3Si. The summed E-state index contributed by atoms with van der Waals surface area (Å²) in [5.41, 5.74) is 1.38. The van der Waals surface area contributed by atoms with E-state index in [1.165, 1.54) is 6.33 Å². The second kappa shape index (κ2) is 6.54. The smallest absolute Gasteiger partial charge is 0.245 e. The lowest BCUT2D eigenvalue weighted by atomic mass is 10.2. The molecule has 0 amide bonds. The van der Waals surface area contributed by atoms with Gasteiger partial charge in [0.15, 0.2) is 11.2 Å². The van der Waals surface area contributed by atoms with Crippen molar-refractivity contribution in [2.75, 3.05) is 13.2 Å². The normalized spacial score (nSPS) is 21.9. The summed E-state index contributed by atoms with van der Waals surface area (Å²) in [5.74, 6) is 0.531. The largest absolute Gasteiger partial charge is 0.476 e. The molecule has 126 valence electrons. The number of aromatic nitrogens is 4. The van der Waals surface area contributed by atoms with Crippen LogP contribution < -0.4 is 4.74 Å². The molecule has 0 aromatic carbocycles. The first-order valence-corrected chi connectivity index (χ1v) is 11.8. The quantitative estimate of drug-likeness (QED) is 0.815. The van der Waals surface area contributed by atoms with Gasteiger partial charge in [0.05, 0.1) is 25.6 Å². The van der Waals surface area contributed by atoms with Gasteiger partial charge in [-0.3, -0.25) is 4.57 Å². The van der Waals surface area contributed by atoms with Crippen molar-refractivity contribution in [3.8, 4) is 5.88 Å². The number of hydrogen-bond donors (Lipinski definition) is 1. The summed E-state index contributed by atoms with van der Waals surface area (Å²) in [6.45, 7) is 7.64. The molecule has 1 fully saturated rings. The molecule has 2 unspecified atom stereocenters. The van der Waals surface area contributed by atoms with Gasteiger partial charge in [-0.15, -0.1) is 0 Å². The van der Waals surface area contributed by atoms with Crippen LogP contribution >= 0.6 is 0 Å². The maximum absolute atomic E-state index is 9.21. The average Bonchev–Trinajstić information content (AvgIpc) is 3.12. The van der Waals surface area contributed by atoms with Crippen molar-refractivity contribution in [2.45, 2.75) is 50.9 Å². The molecule has 2 aromatic heterocycles. The molecule has 3 heterocycles. The van der Waals surface area contributed by atoms with Gasteiger partial charge in [-0.25, -0.2) is 9.97 Å². The van der Waals surface area contributed by atoms with Crippen LogP contribution in [0, 0.1) is 0 Å². The van der Waals surface area contributed by atoms with Crippen molar-refractivity contribution < 1.29 is 14.6 Å². The predicted molar refractivity (Wildman–Crippen MR) is 89.2 cm³/mol. The Morgan fingerprint density at radius 2 is 2.13 bits per heavy atom. The Kier molecular flexibility index (Phi) is 4.65. The van der Waals surface area contributed by atoms with Crippen LogP contribution in [0.15, 0.2) is 12.7 Å². The molecule has 7 nitrogen and oxygen atoms in total. The highest BCUT2D eigenvalue weighted by Crippen LogP contribution is 2.31. The number of hydrogen-bond acceptors (Lipinski definition) is 6. The molecule has 8 heteroatoms. The molecule has 1 N–H and O–H groups in total. The van der Waals surface area contributed by atoms with Crippen molar-refractivity contribution in [1.82, 2.24) is 19.5 Å². The Bertz CT molecular complexity index is 670. The molecule has 1 aliphatic heterocycles. The van der Waals surface area contributed by atoms with E-state index in [2.05, 4.69) is 34.6 Å². The minimum atomic E-state index is -1.14. The Balaban J connectivity index is 1.78. The number of aliphatic hydroxyl groups excluding tert-OH is 1. The Morgan fingerprint density at radius 3 is 2.83 bits per heavy atom. The van der Waals surface area contributed by atoms with E-state index < -0.39 is 8.07 Å². The van der Waals surface area contributed by atoms with Gasteiger partial charge in [0.2, 0.25) is 5.88 Å². The van der Waals surface area contributed by atoms with Crippen LogP contribution in [0.3, 0.4) is 0 Å². The molecule has 1 saturated heterocycles. The van der Waals surface area contributed by atoms with Gasteiger partial charge in [-0.2, -0.15) is 4.98 Å². The molecule has 0 bridgehead atoms. The minimum Gasteiger partial charge on any atom is -0.476 e. The van der Waals surface area contributed by atoms with Gasteiger partial charge >= 0.3 is 0 Å². The highest BCUT2D eigenvalue weighted by Gasteiger charge is 2.28. The fourth-order valence-electron chi connectivity index (χ4n) is 2.63. The lowest BCUT2D eigenvalue weighted by Crippen LogP contribution is -2.22. The van der Waals surface area contributed by atoms with E-state index in [0.717, 1.165) is 18.9 Å². The summed E-state index contributed by atoms with van der Waals surface area (Å²) in [6.07, 6.45) is 4.66. The van der Waals surface area contributed by atoms with Gasteiger partial charge in [0, 0.05) is 8.07 Å². The monoisotopic (exact) mass is 336 g/mol. The van der Waals surface area contributed by atoms with Crippen molar-refractivity contribution in [3.05, 3.63) is 12.7 Å². The number of nitrogens with zero attached hydrogens (tertiary/aromatic N) is 4. The molecule has 23 heavy (non-hydrogen) atoms. The Morgan fingerprint density at radius 1 is 1.30 bits per heavy atom. The van der Waals surface area contributed by atoms with E-state index in [9.17, 15) is 5.11 Å². The zero-order valence-corrected chi connectivity index (χ0v) is 14.9. The second-order valence-corrected chi connectivity index (χ2v) is 12.8. The highest BCUT2D eigenvalue weighted by atomic mass is 28.3. The summed E-state index contributed by atoms with van der Waals surface area (Å²) in [7, 11) is -1.14. The average molecular weight is 336 g/mol. The first kappa shape index (κ1) is 16.3. The van der Waals surface area contributed by atoms with E-state index in [1.54, 1.807) is 6.33 Å². The third-order valence-electron chi connectivity index (χ3n) is 4.02. The molecule has 3 rings (SSSR count). The lowest BCUT2D eigenvalue weighted by Gasteiger charge is -2.16. The van der Waals surface area contributed by atoms with Gasteiger partial charge < -0.3 is 14.6 Å². The van der Waals surface area contributed by atoms with E-state index >= 15 is 0 Å². The van der Waals surface area contributed by atoms with E-state index in [-0.39, 0.29) is 18.9 Å². The standard InChI is InChI=1S/C15H24N4O3Si/c1-23(2,3)7-6-21-15-13-14(16-9-17-15)19(10-18-13)12-5-4-11(8-20)22-12/h9-12,20H,4-8H2,1-3H3. The van der Waals surface area contributed by atoms with Crippen LogP contribution in [-0.2, 0) is 4.74 Å². The first-order valence-electron chi connectivity index (χ1n) is 8.04. The fourth-order valence-corrected chi connectivity index (χ4v) is 3.34. The molecule has 0 saturated carbocycles. The maximum Gasteiger partial charge on any atom is 0.245 e. The molecule has 0 aliphatic carbocycles. The minimum absolute atomic E-state index is 0.0448. The molecule has 0 radical (unpaired) electrons. The lowest BCUT2D eigenvalue weighted by molar-refractivity contribution is -0.0207. The van der Waals surface area contributed by atoms with Crippen molar-refractivity contribution in [3.63, 3.8) is 0 Å². The van der Waals surface area contributed by atoms with Crippen LogP contribution in [0.2, 0.25) is 25.7 Å². The number of ether oxygens (including phenoxy) is 2. The molecule has 2 aromatic rings. The van der Waals surface area contributed by atoms with Crippen LogP contribution in [0.5, 0.6) is 5.88 Å². The first-order chi connectivity index (χ1) is 11.0. The number of rotatable bonds is 6. The summed E-state index contributed by atoms with van der Waals surface area (Å²) in [5, 5.41) is 9.21. The number of fused-ring (bicyclic) bond motifs is 1. The molecule has 0 spiro atoms. The van der Waals surface area contributed by atoms with E-state index in [1.807, 2.05) is 4.57 Å². The van der Waals surface area contributed by atoms with Gasteiger partial charge in [-0.05, 0) is 18.9 Å². The predicted octanol–water partition coefficient (Wildman–Crippen LogP) is 2.21. The zero-order valence-electron chi connectivity index (χ0n) is 13.9.